The van der Waals surface area contributed by atoms with Crippen molar-refractivity contribution in [1.82, 2.24) is 9.27 Å². The van der Waals surface area contributed by atoms with Crippen LogP contribution in [-0.2, 0) is 4.74 Å². The van der Waals surface area contributed by atoms with E-state index in [0.717, 1.165) is 43.3 Å². The number of anilines is 1. The van der Waals surface area contributed by atoms with Gasteiger partial charge in [-0.25, -0.2) is 0 Å². The Morgan fingerprint density at radius 1 is 1.47 bits per heavy atom. The highest BCUT2D eigenvalue weighted by molar-refractivity contribution is 7.11. The van der Waals surface area contributed by atoms with Gasteiger partial charge in [-0.3, -0.25) is 4.90 Å². The highest BCUT2D eigenvalue weighted by Gasteiger charge is 2.19. The summed E-state index contributed by atoms with van der Waals surface area (Å²) in [5.41, 5.74) is 1.06. The molecule has 19 heavy (non-hydrogen) atoms. The lowest BCUT2D eigenvalue weighted by molar-refractivity contribution is -0.0191. The molecule has 0 aliphatic carbocycles. The first-order valence-electron chi connectivity index (χ1n) is 6.79. The number of nitrogens with zero attached hydrogens (tertiary/aromatic N) is 2. The summed E-state index contributed by atoms with van der Waals surface area (Å²) in [4.78, 5) is 2.43. The number of benzene rings is 1. The fourth-order valence-electron chi connectivity index (χ4n) is 2.41. The molecule has 1 aliphatic heterocycles. The molecule has 0 saturated carbocycles. The largest absolute Gasteiger partial charge is 0.374 e. The molecule has 2 heterocycles. The van der Waals surface area contributed by atoms with Gasteiger partial charge in [0.1, 0.15) is 5.00 Å². The number of hydrogen-bond acceptors (Lipinski definition) is 5. The SMILES string of the molecule is CCN1CCOC(CNc2snc3ccccc23)C1. The number of rotatable bonds is 4. The predicted octanol–water partition coefficient (Wildman–Crippen LogP) is 2.43. The van der Waals surface area contributed by atoms with E-state index in [4.69, 9.17) is 4.74 Å². The second-order valence-electron chi connectivity index (χ2n) is 4.80. The van der Waals surface area contributed by atoms with E-state index in [1.165, 1.54) is 16.9 Å². The molecule has 1 aromatic heterocycles. The van der Waals surface area contributed by atoms with Gasteiger partial charge in [0, 0.05) is 25.0 Å². The van der Waals surface area contributed by atoms with Crippen molar-refractivity contribution in [2.75, 3.05) is 38.1 Å². The molecule has 1 fully saturated rings. The smallest absolute Gasteiger partial charge is 0.117 e. The van der Waals surface area contributed by atoms with Crippen LogP contribution in [0, 0.1) is 0 Å². The molecule has 0 radical (unpaired) electrons. The van der Waals surface area contributed by atoms with Crippen molar-refractivity contribution in [2.45, 2.75) is 13.0 Å². The van der Waals surface area contributed by atoms with E-state index in [0.29, 0.717) is 0 Å². The van der Waals surface area contributed by atoms with E-state index in [-0.39, 0.29) is 6.10 Å². The standard InChI is InChI=1S/C14H19N3OS/c1-2-17-7-8-18-11(10-17)9-15-14-12-5-3-4-6-13(12)16-19-14/h3-6,11,15H,2,7-10H2,1H3. The highest BCUT2D eigenvalue weighted by Crippen LogP contribution is 2.27. The molecule has 4 nitrogen and oxygen atoms in total. The molecular weight excluding hydrogens is 258 g/mol. The lowest BCUT2D eigenvalue weighted by Gasteiger charge is -2.32. The number of morpholine rings is 1. The van der Waals surface area contributed by atoms with Gasteiger partial charge in [-0.1, -0.05) is 19.1 Å². The molecule has 1 saturated heterocycles. The van der Waals surface area contributed by atoms with Crippen LogP contribution in [-0.4, -0.2) is 48.2 Å². The van der Waals surface area contributed by atoms with Crippen LogP contribution >= 0.6 is 11.5 Å². The lowest BCUT2D eigenvalue weighted by atomic mass is 10.2. The molecule has 2 aromatic rings. The van der Waals surface area contributed by atoms with Gasteiger partial charge in [-0.15, -0.1) is 0 Å². The van der Waals surface area contributed by atoms with Crippen molar-refractivity contribution in [3.63, 3.8) is 0 Å². The minimum absolute atomic E-state index is 0.273. The Kier molecular flexibility index (Phi) is 3.96. The molecule has 5 heteroatoms. The summed E-state index contributed by atoms with van der Waals surface area (Å²) >= 11 is 1.53. The molecule has 1 unspecified atom stereocenters. The maximum atomic E-state index is 5.80. The summed E-state index contributed by atoms with van der Waals surface area (Å²) in [5, 5.41) is 5.84. The van der Waals surface area contributed by atoms with Gasteiger partial charge in [0.2, 0.25) is 0 Å². The summed E-state index contributed by atoms with van der Waals surface area (Å²) in [6.07, 6.45) is 0.273. The third-order valence-electron chi connectivity index (χ3n) is 3.54. The fraction of sp³-hybridized carbons (Fsp3) is 0.500. The van der Waals surface area contributed by atoms with Crippen LogP contribution in [0.3, 0.4) is 0 Å². The Labute approximate surface area is 117 Å². The quantitative estimate of drug-likeness (QED) is 0.931. The molecule has 1 atom stereocenters. The van der Waals surface area contributed by atoms with Gasteiger partial charge >= 0.3 is 0 Å². The van der Waals surface area contributed by atoms with Gasteiger partial charge < -0.3 is 10.1 Å². The summed E-state index contributed by atoms with van der Waals surface area (Å²) in [7, 11) is 0. The molecule has 0 bridgehead atoms. The normalized spacial score (nSPS) is 20.8. The van der Waals surface area contributed by atoms with Gasteiger partial charge in [0.05, 0.1) is 18.2 Å². The van der Waals surface area contributed by atoms with E-state index in [9.17, 15) is 0 Å². The molecule has 3 rings (SSSR count). The molecule has 1 aliphatic rings. The van der Waals surface area contributed by atoms with Crippen molar-refractivity contribution < 1.29 is 4.74 Å². The van der Waals surface area contributed by atoms with Crippen LogP contribution in [0.4, 0.5) is 5.00 Å². The van der Waals surface area contributed by atoms with Crippen LogP contribution in [0.1, 0.15) is 6.92 Å². The number of nitrogens with one attached hydrogen (secondary N) is 1. The summed E-state index contributed by atoms with van der Waals surface area (Å²) < 4.78 is 10.2. The predicted molar refractivity (Wildman–Crippen MR) is 80.0 cm³/mol. The zero-order chi connectivity index (χ0) is 13.1. The first-order valence-corrected chi connectivity index (χ1v) is 7.56. The Balaban J connectivity index is 1.63. The number of aromatic nitrogens is 1. The molecule has 102 valence electrons. The first kappa shape index (κ1) is 12.8. The summed E-state index contributed by atoms with van der Waals surface area (Å²) in [6.45, 7) is 7.05. The van der Waals surface area contributed by atoms with Gasteiger partial charge in [0.15, 0.2) is 0 Å². The monoisotopic (exact) mass is 277 g/mol. The Morgan fingerprint density at radius 2 is 2.37 bits per heavy atom. The number of likely N-dealkylation sites (N-methyl/N-ethyl adjacent to an activating group) is 1. The van der Waals surface area contributed by atoms with Gasteiger partial charge in [0.25, 0.3) is 0 Å². The highest BCUT2D eigenvalue weighted by atomic mass is 32.1. The molecule has 1 N–H and O–H groups in total. The molecule has 1 aromatic carbocycles. The molecule has 0 amide bonds. The van der Waals surface area contributed by atoms with E-state index in [1.807, 2.05) is 12.1 Å². The number of fused-ring (bicyclic) bond motifs is 1. The Hall–Kier alpha value is -1.17. The zero-order valence-electron chi connectivity index (χ0n) is 11.1. The number of ether oxygens (including phenoxy) is 1. The maximum Gasteiger partial charge on any atom is 0.117 e. The van der Waals surface area contributed by atoms with Crippen LogP contribution in [0.5, 0.6) is 0 Å². The number of hydrogen-bond donors (Lipinski definition) is 1. The van der Waals surface area contributed by atoms with Crippen molar-refractivity contribution in [1.29, 1.82) is 0 Å². The van der Waals surface area contributed by atoms with Gasteiger partial charge in [-0.05, 0) is 30.2 Å². The van der Waals surface area contributed by atoms with E-state index < -0.39 is 0 Å². The van der Waals surface area contributed by atoms with Crippen LogP contribution < -0.4 is 5.32 Å². The third-order valence-corrected chi connectivity index (χ3v) is 4.38. The minimum Gasteiger partial charge on any atom is -0.374 e. The summed E-state index contributed by atoms with van der Waals surface area (Å²) in [5.74, 6) is 0. The van der Waals surface area contributed by atoms with Crippen molar-refractivity contribution in [3.05, 3.63) is 24.3 Å². The average Bonchev–Trinajstić information content (AvgIpc) is 2.89. The van der Waals surface area contributed by atoms with E-state index >= 15 is 0 Å². The lowest BCUT2D eigenvalue weighted by Crippen LogP contribution is -2.45. The second kappa shape index (κ2) is 5.86. The second-order valence-corrected chi connectivity index (χ2v) is 5.57. The topological polar surface area (TPSA) is 37.4 Å². The van der Waals surface area contributed by atoms with Crippen LogP contribution in [0.15, 0.2) is 24.3 Å². The van der Waals surface area contributed by atoms with E-state index in [1.54, 1.807) is 0 Å². The fourth-order valence-corrected chi connectivity index (χ4v) is 3.18. The van der Waals surface area contributed by atoms with Crippen molar-refractivity contribution in [2.24, 2.45) is 0 Å². The van der Waals surface area contributed by atoms with Crippen molar-refractivity contribution >= 4 is 27.4 Å². The zero-order valence-corrected chi connectivity index (χ0v) is 11.9. The van der Waals surface area contributed by atoms with Crippen LogP contribution in [0.25, 0.3) is 10.9 Å². The maximum absolute atomic E-state index is 5.80. The van der Waals surface area contributed by atoms with Gasteiger partial charge in [-0.2, -0.15) is 4.37 Å². The Bertz CT molecular complexity index is 542. The summed E-state index contributed by atoms with van der Waals surface area (Å²) in [6, 6.07) is 8.24. The average molecular weight is 277 g/mol. The minimum atomic E-state index is 0.273. The van der Waals surface area contributed by atoms with Crippen LogP contribution in [0.2, 0.25) is 0 Å². The molecular formula is C14H19N3OS. The van der Waals surface area contributed by atoms with E-state index in [2.05, 4.69) is 33.6 Å². The Morgan fingerprint density at radius 3 is 3.26 bits per heavy atom. The molecule has 0 spiro atoms. The first-order chi connectivity index (χ1) is 9.36. The van der Waals surface area contributed by atoms with Crippen molar-refractivity contribution in [3.8, 4) is 0 Å². The third kappa shape index (κ3) is 2.88.